The van der Waals surface area contributed by atoms with Crippen LogP contribution in [0.25, 0.3) is 0 Å². The first-order chi connectivity index (χ1) is 13.5. The second-order valence-corrected chi connectivity index (χ2v) is 8.51. The van der Waals surface area contributed by atoms with Crippen molar-refractivity contribution in [3.8, 4) is 11.5 Å². The van der Waals surface area contributed by atoms with E-state index in [1.165, 1.54) is 6.07 Å². The summed E-state index contributed by atoms with van der Waals surface area (Å²) in [5, 5.41) is 0. The molecule has 154 valence electrons. The number of carbonyl (C=O) groups is 2. The lowest BCUT2D eigenvalue weighted by atomic mass is 9.73. The molecule has 4 nitrogen and oxygen atoms in total. The third-order valence-corrected chi connectivity index (χ3v) is 5.40. The molecule has 1 saturated heterocycles. The van der Waals surface area contributed by atoms with Crippen LogP contribution in [-0.4, -0.2) is 22.8 Å². The van der Waals surface area contributed by atoms with Crippen molar-refractivity contribution in [1.82, 2.24) is 0 Å². The molecule has 0 unspecified atom stereocenters. The Kier molecular flexibility index (Phi) is 5.39. The zero-order valence-corrected chi connectivity index (χ0v) is 17.8. The van der Waals surface area contributed by atoms with Crippen molar-refractivity contribution in [2.24, 2.45) is 0 Å². The topological polar surface area (TPSA) is 52.6 Å². The Morgan fingerprint density at radius 1 is 0.966 bits per heavy atom. The van der Waals surface area contributed by atoms with Crippen LogP contribution in [0.5, 0.6) is 11.5 Å². The molecule has 29 heavy (non-hydrogen) atoms. The molecular weight excluding hydrogens is 371 g/mol. The van der Waals surface area contributed by atoms with E-state index in [0.29, 0.717) is 29.0 Å². The number of ether oxygens (including phenoxy) is 2. The standard InChI is InChI=1S/C24H27FO4/c1-7-15-8-9-17(28-16-10-11-19(25)14(2)12-16)13-18(15)20-21(26)23(3,4)29-24(5,6)22(20)27/h8-13,20H,7H2,1-6H3. The average Bonchev–Trinajstić information content (AvgIpc) is 2.63. The van der Waals surface area contributed by atoms with Gasteiger partial charge in [-0.2, -0.15) is 0 Å². The summed E-state index contributed by atoms with van der Waals surface area (Å²) < 4.78 is 25.2. The Balaban J connectivity index is 2.05. The van der Waals surface area contributed by atoms with Crippen LogP contribution < -0.4 is 4.74 Å². The molecule has 0 aliphatic carbocycles. The number of ketones is 2. The first-order valence-corrected chi connectivity index (χ1v) is 9.82. The number of carbonyl (C=O) groups excluding carboxylic acids is 2. The van der Waals surface area contributed by atoms with Crippen molar-refractivity contribution in [3.05, 3.63) is 58.9 Å². The van der Waals surface area contributed by atoms with Crippen molar-refractivity contribution in [3.63, 3.8) is 0 Å². The number of Topliss-reactive ketones (excluding diaryl/α,β-unsaturated/α-hetero) is 2. The minimum Gasteiger partial charge on any atom is -0.457 e. The summed E-state index contributed by atoms with van der Waals surface area (Å²) in [5.41, 5.74) is -0.113. The van der Waals surface area contributed by atoms with Gasteiger partial charge in [0.1, 0.15) is 34.4 Å². The van der Waals surface area contributed by atoms with E-state index >= 15 is 0 Å². The highest BCUT2D eigenvalue weighted by molar-refractivity contribution is 6.15. The van der Waals surface area contributed by atoms with Crippen LogP contribution in [-0.2, 0) is 20.7 Å². The first kappa shape index (κ1) is 21.2. The summed E-state index contributed by atoms with van der Waals surface area (Å²) >= 11 is 0. The summed E-state index contributed by atoms with van der Waals surface area (Å²) in [4.78, 5) is 26.3. The van der Waals surface area contributed by atoms with Gasteiger partial charge in [-0.15, -0.1) is 0 Å². The molecule has 0 radical (unpaired) electrons. The van der Waals surface area contributed by atoms with Gasteiger partial charge in [0, 0.05) is 0 Å². The molecule has 0 saturated carbocycles. The molecule has 1 aliphatic rings. The van der Waals surface area contributed by atoms with Crippen LogP contribution >= 0.6 is 0 Å². The van der Waals surface area contributed by atoms with E-state index in [0.717, 1.165) is 5.56 Å². The molecule has 0 amide bonds. The number of hydrogen-bond acceptors (Lipinski definition) is 4. The van der Waals surface area contributed by atoms with Crippen LogP contribution in [0, 0.1) is 12.7 Å². The van der Waals surface area contributed by atoms with Gasteiger partial charge in [-0.05, 0) is 88.1 Å². The third kappa shape index (κ3) is 3.97. The lowest BCUT2D eigenvalue weighted by Crippen LogP contribution is -2.58. The quantitative estimate of drug-likeness (QED) is 0.656. The minimum atomic E-state index is -1.07. The molecule has 5 heteroatoms. The second-order valence-electron chi connectivity index (χ2n) is 8.51. The normalized spacial score (nSPS) is 18.7. The number of aryl methyl sites for hydroxylation is 2. The van der Waals surface area contributed by atoms with Crippen LogP contribution in [0.3, 0.4) is 0 Å². The fraction of sp³-hybridized carbons (Fsp3) is 0.417. The molecule has 2 aromatic carbocycles. The fourth-order valence-electron chi connectivity index (χ4n) is 3.88. The van der Waals surface area contributed by atoms with Crippen LogP contribution in [0.1, 0.15) is 57.2 Å². The smallest absolute Gasteiger partial charge is 0.179 e. The average molecular weight is 398 g/mol. The molecular formula is C24H27FO4. The fourth-order valence-corrected chi connectivity index (χ4v) is 3.88. The van der Waals surface area contributed by atoms with Crippen LogP contribution in [0.15, 0.2) is 36.4 Å². The second kappa shape index (κ2) is 7.38. The predicted molar refractivity (Wildman–Crippen MR) is 109 cm³/mol. The maximum absolute atomic E-state index is 13.5. The van der Waals surface area contributed by atoms with Crippen molar-refractivity contribution in [2.45, 2.75) is 65.1 Å². The molecule has 0 spiro atoms. The molecule has 1 fully saturated rings. The van der Waals surface area contributed by atoms with E-state index in [1.807, 2.05) is 13.0 Å². The van der Waals surface area contributed by atoms with Crippen molar-refractivity contribution >= 4 is 11.6 Å². The summed E-state index contributed by atoms with van der Waals surface area (Å²) in [6, 6.07) is 9.92. The van der Waals surface area contributed by atoms with Gasteiger partial charge in [0.05, 0.1) is 0 Å². The lowest BCUT2D eigenvalue weighted by Gasteiger charge is -2.43. The number of halogens is 1. The molecule has 0 bridgehead atoms. The molecule has 1 heterocycles. The van der Waals surface area contributed by atoms with E-state index in [4.69, 9.17) is 9.47 Å². The van der Waals surface area contributed by atoms with Gasteiger partial charge < -0.3 is 9.47 Å². The zero-order valence-electron chi connectivity index (χ0n) is 17.8. The number of hydrogen-bond donors (Lipinski definition) is 0. The van der Waals surface area contributed by atoms with Crippen molar-refractivity contribution in [1.29, 1.82) is 0 Å². The van der Waals surface area contributed by atoms with Gasteiger partial charge in [-0.3, -0.25) is 9.59 Å². The van der Waals surface area contributed by atoms with Gasteiger partial charge in [0.15, 0.2) is 11.6 Å². The largest absolute Gasteiger partial charge is 0.457 e. The van der Waals surface area contributed by atoms with E-state index in [9.17, 15) is 14.0 Å². The van der Waals surface area contributed by atoms with E-state index in [1.54, 1.807) is 58.9 Å². The van der Waals surface area contributed by atoms with Gasteiger partial charge in [0.2, 0.25) is 0 Å². The SMILES string of the molecule is CCc1ccc(Oc2ccc(F)c(C)c2)cc1C1C(=O)C(C)(C)OC(C)(C)C1=O. The van der Waals surface area contributed by atoms with Crippen molar-refractivity contribution in [2.75, 3.05) is 0 Å². The number of benzene rings is 2. The maximum atomic E-state index is 13.5. The lowest BCUT2D eigenvalue weighted by molar-refractivity contribution is -0.184. The summed E-state index contributed by atoms with van der Waals surface area (Å²) in [7, 11) is 0. The molecule has 1 aliphatic heterocycles. The van der Waals surface area contributed by atoms with Crippen molar-refractivity contribution < 1.29 is 23.5 Å². The van der Waals surface area contributed by atoms with Crippen LogP contribution in [0.4, 0.5) is 4.39 Å². The highest BCUT2D eigenvalue weighted by Gasteiger charge is 2.53. The van der Waals surface area contributed by atoms with E-state index < -0.39 is 17.1 Å². The summed E-state index contributed by atoms with van der Waals surface area (Å²) in [6.07, 6.45) is 0.671. The Labute approximate surface area is 171 Å². The number of rotatable bonds is 4. The van der Waals surface area contributed by atoms with Gasteiger partial charge in [-0.1, -0.05) is 13.0 Å². The van der Waals surface area contributed by atoms with Gasteiger partial charge in [0.25, 0.3) is 0 Å². The molecule has 3 rings (SSSR count). The first-order valence-electron chi connectivity index (χ1n) is 9.82. The Morgan fingerprint density at radius 3 is 2.07 bits per heavy atom. The predicted octanol–water partition coefficient (Wildman–Crippen LogP) is 5.30. The summed E-state index contributed by atoms with van der Waals surface area (Å²) in [5.74, 6) is -0.752. The maximum Gasteiger partial charge on any atom is 0.179 e. The van der Waals surface area contributed by atoms with Crippen LogP contribution in [0.2, 0.25) is 0 Å². The van der Waals surface area contributed by atoms with E-state index in [2.05, 4.69) is 0 Å². The molecule has 0 atom stereocenters. The minimum absolute atomic E-state index is 0.258. The highest BCUT2D eigenvalue weighted by atomic mass is 19.1. The molecule has 0 N–H and O–H groups in total. The van der Waals surface area contributed by atoms with Gasteiger partial charge in [-0.25, -0.2) is 4.39 Å². The Morgan fingerprint density at radius 2 is 1.52 bits per heavy atom. The van der Waals surface area contributed by atoms with E-state index in [-0.39, 0.29) is 17.4 Å². The molecule has 2 aromatic rings. The zero-order chi connectivity index (χ0) is 21.6. The van der Waals surface area contributed by atoms with Gasteiger partial charge >= 0.3 is 0 Å². The monoisotopic (exact) mass is 398 g/mol. The Bertz CT molecular complexity index is 949. The third-order valence-electron chi connectivity index (χ3n) is 5.40. The Hall–Kier alpha value is -2.53. The highest BCUT2D eigenvalue weighted by Crippen LogP contribution is 2.41. The summed E-state index contributed by atoms with van der Waals surface area (Å²) in [6.45, 7) is 10.4. The molecule has 0 aromatic heterocycles.